The van der Waals surface area contributed by atoms with Crippen molar-refractivity contribution in [1.29, 1.82) is 0 Å². The van der Waals surface area contributed by atoms with Crippen LogP contribution >= 0.6 is 11.8 Å². The van der Waals surface area contributed by atoms with Crippen LogP contribution in [-0.4, -0.2) is 49.1 Å². The van der Waals surface area contributed by atoms with Crippen LogP contribution in [-0.2, 0) is 0 Å². The zero-order chi connectivity index (χ0) is 12.5. The van der Waals surface area contributed by atoms with E-state index in [1.807, 2.05) is 30.3 Å². The van der Waals surface area contributed by atoms with E-state index >= 15 is 0 Å². The van der Waals surface area contributed by atoms with E-state index in [1.165, 1.54) is 24.6 Å². The van der Waals surface area contributed by atoms with Crippen LogP contribution in [0.3, 0.4) is 0 Å². The first kappa shape index (κ1) is 13.5. The van der Waals surface area contributed by atoms with Gasteiger partial charge in [-0.3, -0.25) is 0 Å². The molecule has 1 N–H and O–H groups in total. The summed E-state index contributed by atoms with van der Waals surface area (Å²) in [5, 5.41) is 3.38. The van der Waals surface area contributed by atoms with Crippen LogP contribution in [0.5, 0.6) is 0 Å². The van der Waals surface area contributed by atoms with Crippen LogP contribution in [0.25, 0.3) is 0 Å². The van der Waals surface area contributed by atoms with Gasteiger partial charge >= 0.3 is 0 Å². The maximum absolute atomic E-state index is 3.38. The van der Waals surface area contributed by atoms with E-state index in [-0.39, 0.29) is 0 Å². The lowest BCUT2D eigenvalue weighted by Crippen LogP contribution is -2.37. The Labute approximate surface area is 114 Å². The standard InChI is InChI=1S/C15H20N2S/c1-2-5-15(6-3-1)7-4-8-16-9-10-17-11-13-18-14-12-17/h1-3,5-6,16H,8-14H2. The summed E-state index contributed by atoms with van der Waals surface area (Å²) in [5.41, 5.74) is 1.09. The third kappa shape index (κ3) is 5.14. The second-order valence-corrected chi connectivity index (χ2v) is 5.52. The first-order chi connectivity index (χ1) is 8.95. The number of nitrogens with zero attached hydrogens (tertiary/aromatic N) is 1. The molecule has 0 aromatic heterocycles. The van der Waals surface area contributed by atoms with Crippen LogP contribution < -0.4 is 5.32 Å². The minimum atomic E-state index is 0.775. The van der Waals surface area contributed by atoms with Gasteiger partial charge in [0.05, 0.1) is 6.54 Å². The summed E-state index contributed by atoms with van der Waals surface area (Å²) in [4.78, 5) is 2.52. The first-order valence-electron chi connectivity index (χ1n) is 6.50. The zero-order valence-electron chi connectivity index (χ0n) is 10.7. The van der Waals surface area contributed by atoms with Crippen molar-refractivity contribution in [3.05, 3.63) is 35.9 Å². The Balaban J connectivity index is 1.57. The van der Waals surface area contributed by atoms with Crippen molar-refractivity contribution in [2.45, 2.75) is 0 Å². The molecule has 1 saturated heterocycles. The van der Waals surface area contributed by atoms with Gasteiger partial charge < -0.3 is 10.2 Å². The molecule has 0 radical (unpaired) electrons. The number of thioether (sulfide) groups is 1. The SMILES string of the molecule is C(#Cc1ccccc1)CNCCN1CCSCC1. The first-order valence-corrected chi connectivity index (χ1v) is 7.65. The molecule has 1 fully saturated rings. The molecule has 0 atom stereocenters. The van der Waals surface area contributed by atoms with Crippen LogP contribution in [0.4, 0.5) is 0 Å². The fourth-order valence-electron chi connectivity index (χ4n) is 1.88. The highest BCUT2D eigenvalue weighted by Gasteiger charge is 2.08. The molecule has 0 bridgehead atoms. The summed E-state index contributed by atoms with van der Waals surface area (Å²) < 4.78 is 0. The molecule has 0 unspecified atom stereocenters. The van der Waals surface area contributed by atoms with Crippen molar-refractivity contribution in [2.24, 2.45) is 0 Å². The highest BCUT2D eigenvalue weighted by molar-refractivity contribution is 7.99. The van der Waals surface area contributed by atoms with E-state index in [4.69, 9.17) is 0 Å². The van der Waals surface area contributed by atoms with E-state index in [0.717, 1.165) is 25.2 Å². The lowest BCUT2D eigenvalue weighted by molar-refractivity contribution is 0.303. The van der Waals surface area contributed by atoms with Crippen LogP contribution in [0.2, 0.25) is 0 Å². The third-order valence-corrected chi connectivity index (χ3v) is 3.87. The van der Waals surface area contributed by atoms with Gasteiger partial charge in [-0.25, -0.2) is 0 Å². The van der Waals surface area contributed by atoms with Crippen molar-refractivity contribution >= 4 is 11.8 Å². The predicted molar refractivity (Wildman–Crippen MR) is 80.0 cm³/mol. The largest absolute Gasteiger partial charge is 0.305 e. The topological polar surface area (TPSA) is 15.3 Å². The molecule has 1 aromatic carbocycles. The quantitative estimate of drug-likeness (QED) is 0.655. The van der Waals surface area contributed by atoms with Gasteiger partial charge in [0.2, 0.25) is 0 Å². The Morgan fingerprint density at radius 1 is 1.17 bits per heavy atom. The number of rotatable bonds is 4. The number of hydrogen-bond donors (Lipinski definition) is 1. The zero-order valence-corrected chi connectivity index (χ0v) is 11.5. The molecule has 1 aliphatic rings. The van der Waals surface area contributed by atoms with Crippen molar-refractivity contribution in [3.63, 3.8) is 0 Å². The van der Waals surface area contributed by atoms with Crippen LogP contribution in [0, 0.1) is 11.8 Å². The van der Waals surface area contributed by atoms with Crippen molar-refractivity contribution < 1.29 is 0 Å². The highest BCUT2D eigenvalue weighted by atomic mass is 32.2. The van der Waals surface area contributed by atoms with Gasteiger partial charge in [0.25, 0.3) is 0 Å². The van der Waals surface area contributed by atoms with Gasteiger partial charge in [0.1, 0.15) is 0 Å². The number of nitrogens with one attached hydrogen (secondary N) is 1. The molecule has 2 rings (SSSR count). The Bertz CT molecular complexity index is 388. The smallest absolute Gasteiger partial charge is 0.0580 e. The molecule has 1 aliphatic heterocycles. The van der Waals surface area contributed by atoms with Crippen molar-refractivity contribution in [2.75, 3.05) is 44.2 Å². The maximum Gasteiger partial charge on any atom is 0.0580 e. The fraction of sp³-hybridized carbons (Fsp3) is 0.467. The molecule has 18 heavy (non-hydrogen) atoms. The van der Waals surface area contributed by atoms with E-state index in [1.54, 1.807) is 0 Å². The Kier molecular flexibility index (Phi) is 6.14. The van der Waals surface area contributed by atoms with E-state index in [0.29, 0.717) is 0 Å². The predicted octanol–water partition coefficient (Wildman–Crippen LogP) is 1.68. The molecule has 3 heteroatoms. The summed E-state index contributed by atoms with van der Waals surface area (Å²) in [6.07, 6.45) is 0. The third-order valence-electron chi connectivity index (χ3n) is 2.93. The van der Waals surface area contributed by atoms with Gasteiger partial charge in [-0.15, -0.1) is 0 Å². The van der Waals surface area contributed by atoms with Crippen molar-refractivity contribution in [1.82, 2.24) is 10.2 Å². The van der Waals surface area contributed by atoms with Gasteiger partial charge in [-0.05, 0) is 12.1 Å². The average Bonchev–Trinajstić information content (AvgIpc) is 2.45. The molecular weight excluding hydrogens is 240 g/mol. The summed E-state index contributed by atoms with van der Waals surface area (Å²) in [6, 6.07) is 10.1. The second kappa shape index (κ2) is 8.20. The summed E-state index contributed by atoms with van der Waals surface area (Å²) >= 11 is 2.06. The highest BCUT2D eigenvalue weighted by Crippen LogP contribution is 2.07. The normalized spacial score (nSPS) is 16.0. The Morgan fingerprint density at radius 3 is 2.72 bits per heavy atom. The average molecular weight is 260 g/mol. The lowest BCUT2D eigenvalue weighted by Gasteiger charge is -2.25. The van der Waals surface area contributed by atoms with Gasteiger partial charge in [-0.1, -0.05) is 30.0 Å². The fourth-order valence-corrected chi connectivity index (χ4v) is 2.86. The lowest BCUT2D eigenvalue weighted by atomic mass is 10.2. The molecule has 2 nitrogen and oxygen atoms in total. The van der Waals surface area contributed by atoms with Crippen LogP contribution in [0.1, 0.15) is 5.56 Å². The summed E-state index contributed by atoms with van der Waals surface area (Å²) in [6.45, 7) is 5.43. The second-order valence-electron chi connectivity index (χ2n) is 4.30. The Hall–Kier alpha value is -0.950. The molecule has 96 valence electrons. The van der Waals surface area contributed by atoms with Gasteiger partial charge in [0.15, 0.2) is 0 Å². The monoisotopic (exact) mass is 260 g/mol. The molecule has 0 saturated carbocycles. The van der Waals surface area contributed by atoms with E-state index in [9.17, 15) is 0 Å². The molecule has 1 heterocycles. The molecule has 0 spiro atoms. The van der Waals surface area contributed by atoms with Gasteiger partial charge in [0, 0.05) is 43.2 Å². The molecule has 0 aliphatic carbocycles. The summed E-state index contributed by atoms with van der Waals surface area (Å²) in [7, 11) is 0. The maximum atomic E-state index is 3.38. The molecule has 1 aromatic rings. The molecular formula is C15H20N2S. The van der Waals surface area contributed by atoms with Gasteiger partial charge in [-0.2, -0.15) is 11.8 Å². The number of hydrogen-bond acceptors (Lipinski definition) is 3. The van der Waals surface area contributed by atoms with Crippen molar-refractivity contribution in [3.8, 4) is 11.8 Å². The minimum Gasteiger partial charge on any atom is -0.305 e. The van der Waals surface area contributed by atoms with Crippen LogP contribution in [0.15, 0.2) is 30.3 Å². The van der Waals surface area contributed by atoms with E-state index in [2.05, 4.69) is 33.8 Å². The summed E-state index contributed by atoms with van der Waals surface area (Å²) in [5.74, 6) is 8.88. The minimum absolute atomic E-state index is 0.775. The van der Waals surface area contributed by atoms with E-state index < -0.39 is 0 Å². The molecule has 0 amide bonds. The number of benzene rings is 1. The Morgan fingerprint density at radius 2 is 1.94 bits per heavy atom.